The van der Waals surface area contributed by atoms with E-state index < -0.39 is 0 Å². The molecule has 1 atom stereocenters. The van der Waals surface area contributed by atoms with Crippen LogP contribution in [-0.2, 0) is 4.79 Å². The molecule has 2 rings (SSSR count). The van der Waals surface area contributed by atoms with E-state index in [0.717, 1.165) is 26.1 Å². The van der Waals surface area contributed by atoms with Crippen LogP contribution in [-0.4, -0.2) is 36.5 Å². The molecule has 0 aromatic carbocycles. The van der Waals surface area contributed by atoms with Gasteiger partial charge in [-0.05, 0) is 32.2 Å². The second-order valence-corrected chi connectivity index (χ2v) is 5.10. The van der Waals surface area contributed by atoms with Gasteiger partial charge in [-0.2, -0.15) is 0 Å². The van der Waals surface area contributed by atoms with E-state index in [0.29, 0.717) is 5.91 Å². The van der Waals surface area contributed by atoms with Crippen molar-refractivity contribution in [3.63, 3.8) is 0 Å². The van der Waals surface area contributed by atoms with Crippen LogP contribution in [0.4, 0.5) is 0 Å². The van der Waals surface area contributed by atoms with Gasteiger partial charge in [-0.15, -0.1) is 0 Å². The minimum absolute atomic E-state index is 0.112. The van der Waals surface area contributed by atoms with Gasteiger partial charge in [-0.3, -0.25) is 4.79 Å². The molecule has 2 aliphatic rings. The number of likely N-dealkylation sites (tertiary alicyclic amines) is 1. The fourth-order valence-electron chi connectivity index (χ4n) is 2.75. The number of nitrogens with one attached hydrogen (secondary N) is 1. The highest BCUT2D eigenvalue weighted by Gasteiger charge is 2.24. The molecule has 1 amide bonds. The fourth-order valence-corrected chi connectivity index (χ4v) is 2.75. The van der Waals surface area contributed by atoms with Gasteiger partial charge in [0.1, 0.15) is 0 Å². The maximum Gasteiger partial charge on any atom is 0.239 e. The molecule has 0 saturated carbocycles. The first-order valence-electron chi connectivity index (χ1n) is 6.90. The van der Waals surface area contributed by atoms with E-state index in [1.165, 1.54) is 44.9 Å². The normalized spacial score (nSPS) is 28.2. The van der Waals surface area contributed by atoms with Crippen molar-refractivity contribution < 1.29 is 4.79 Å². The molecule has 16 heavy (non-hydrogen) atoms. The molecule has 2 aliphatic heterocycles. The van der Waals surface area contributed by atoms with E-state index in [1.807, 2.05) is 0 Å². The van der Waals surface area contributed by atoms with E-state index in [1.54, 1.807) is 0 Å². The Bertz CT molecular complexity index is 192. The summed E-state index contributed by atoms with van der Waals surface area (Å²) in [6.07, 6.45) is 9.72. The highest BCUT2D eigenvalue weighted by Crippen LogP contribution is 2.14. The van der Waals surface area contributed by atoms with Crippen LogP contribution in [0.2, 0.25) is 0 Å². The van der Waals surface area contributed by atoms with Crippen molar-refractivity contribution in [2.75, 3.05) is 19.6 Å². The van der Waals surface area contributed by atoms with Gasteiger partial charge in [-0.25, -0.2) is 0 Å². The zero-order chi connectivity index (χ0) is 11.2. The van der Waals surface area contributed by atoms with Crippen LogP contribution in [0, 0.1) is 0 Å². The summed E-state index contributed by atoms with van der Waals surface area (Å²) in [6.45, 7) is 2.98. The first kappa shape index (κ1) is 11.9. The van der Waals surface area contributed by atoms with Gasteiger partial charge in [0.15, 0.2) is 0 Å². The van der Waals surface area contributed by atoms with Gasteiger partial charge >= 0.3 is 0 Å². The molecule has 0 bridgehead atoms. The van der Waals surface area contributed by atoms with Gasteiger partial charge in [0.25, 0.3) is 0 Å². The lowest BCUT2D eigenvalue weighted by Gasteiger charge is -2.25. The Kier molecular flexibility index (Phi) is 4.64. The van der Waals surface area contributed by atoms with E-state index in [9.17, 15) is 4.79 Å². The third kappa shape index (κ3) is 3.21. The Morgan fingerprint density at radius 1 is 0.938 bits per heavy atom. The monoisotopic (exact) mass is 224 g/mol. The number of hydrogen-bond donors (Lipinski definition) is 1. The Morgan fingerprint density at radius 2 is 1.62 bits per heavy atom. The lowest BCUT2D eigenvalue weighted by molar-refractivity contribution is -0.133. The van der Waals surface area contributed by atoms with Crippen molar-refractivity contribution in [3.05, 3.63) is 0 Å². The minimum Gasteiger partial charge on any atom is -0.341 e. The fraction of sp³-hybridized carbons (Fsp3) is 0.923. The maximum absolute atomic E-state index is 12.3. The van der Waals surface area contributed by atoms with Crippen molar-refractivity contribution in [1.29, 1.82) is 0 Å². The van der Waals surface area contributed by atoms with E-state index in [-0.39, 0.29) is 6.04 Å². The van der Waals surface area contributed by atoms with Crippen molar-refractivity contribution in [3.8, 4) is 0 Å². The lowest BCUT2D eigenvalue weighted by atomic mass is 10.1. The molecule has 3 heteroatoms. The Morgan fingerprint density at radius 3 is 2.38 bits per heavy atom. The van der Waals surface area contributed by atoms with Crippen LogP contribution in [0.15, 0.2) is 0 Å². The summed E-state index contributed by atoms with van der Waals surface area (Å²) in [5.41, 5.74) is 0. The van der Waals surface area contributed by atoms with Crippen molar-refractivity contribution in [2.45, 2.75) is 57.4 Å². The zero-order valence-electron chi connectivity index (χ0n) is 10.2. The molecule has 0 spiro atoms. The molecule has 1 unspecified atom stereocenters. The largest absolute Gasteiger partial charge is 0.341 e. The summed E-state index contributed by atoms with van der Waals surface area (Å²) in [4.78, 5) is 14.4. The van der Waals surface area contributed by atoms with Gasteiger partial charge in [0, 0.05) is 13.1 Å². The second kappa shape index (κ2) is 6.24. The summed E-state index contributed by atoms with van der Waals surface area (Å²) in [6, 6.07) is 0.112. The molecule has 3 nitrogen and oxygen atoms in total. The molecular formula is C13H24N2O. The Labute approximate surface area is 98.6 Å². The van der Waals surface area contributed by atoms with Gasteiger partial charge in [0.05, 0.1) is 6.04 Å². The molecule has 0 aromatic heterocycles. The van der Waals surface area contributed by atoms with Crippen LogP contribution in [0.25, 0.3) is 0 Å². The summed E-state index contributed by atoms with van der Waals surface area (Å²) >= 11 is 0. The van der Waals surface area contributed by atoms with Crippen molar-refractivity contribution >= 4 is 5.91 Å². The van der Waals surface area contributed by atoms with E-state index in [4.69, 9.17) is 0 Å². The average molecular weight is 224 g/mol. The molecule has 0 aromatic rings. The first-order chi connectivity index (χ1) is 7.88. The maximum atomic E-state index is 12.3. The number of nitrogens with zero attached hydrogens (tertiary/aromatic N) is 1. The predicted molar refractivity (Wildman–Crippen MR) is 65.3 cm³/mol. The third-order valence-electron chi connectivity index (χ3n) is 3.78. The average Bonchev–Trinajstić information content (AvgIpc) is 2.73. The first-order valence-corrected chi connectivity index (χ1v) is 6.90. The van der Waals surface area contributed by atoms with E-state index >= 15 is 0 Å². The molecule has 2 saturated heterocycles. The SMILES string of the molecule is O=C(C1CCCCCN1)N1CCCCCC1. The minimum atomic E-state index is 0.112. The van der Waals surface area contributed by atoms with Crippen LogP contribution in [0.5, 0.6) is 0 Å². The number of carbonyl (C=O) groups excluding carboxylic acids is 1. The van der Waals surface area contributed by atoms with Crippen molar-refractivity contribution in [1.82, 2.24) is 10.2 Å². The van der Waals surface area contributed by atoms with Crippen LogP contribution >= 0.6 is 0 Å². The molecule has 2 fully saturated rings. The number of rotatable bonds is 1. The Balaban J connectivity index is 1.88. The topological polar surface area (TPSA) is 32.3 Å². The Hall–Kier alpha value is -0.570. The second-order valence-electron chi connectivity index (χ2n) is 5.10. The molecule has 1 N–H and O–H groups in total. The summed E-state index contributed by atoms with van der Waals surface area (Å²) in [5.74, 6) is 0.365. The van der Waals surface area contributed by atoms with Gasteiger partial charge in [0.2, 0.25) is 5.91 Å². The van der Waals surface area contributed by atoms with E-state index in [2.05, 4.69) is 10.2 Å². The zero-order valence-corrected chi connectivity index (χ0v) is 10.2. The predicted octanol–water partition coefficient (Wildman–Crippen LogP) is 1.92. The summed E-state index contributed by atoms with van der Waals surface area (Å²) in [7, 11) is 0. The summed E-state index contributed by atoms with van der Waals surface area (Å²) in [5, 5.41) is 3.41. The summed E-state index contributed by atoms with van der Waals surface area (Å²) < 4.78 is 0. The van der Waals surface area contributed by atoms with Crippen LogP contribution in [0.1, 0.15) is 51.4 Å². The molecule has 0 aliphatic carbocycles. The lowest BCUT2D eigenvalue weighted by Crippen LogP contribution is -2.46. The third-order valence-corrected chi connectivity index (χ3v) is 3.78. The van der Waals surface area contributed by atoms with Crippen molar-refractivity contribution in [2.24, 2.45) is 0 Å². The highest BCUT2D eigenvalue weighted by atomic mass is 16.2. The standard InChI is InChI=1S/C13H24N2O/c16-13(12-8-4-3-5-9-14-12)15-10-6-1-2-7-11-15/h12,14H,1-11H2. The number of carbonyl (C=O) groups is 1. The highest BCUT2D eigenvalue weighted by molar-refractivity contribution is 5.81. The number of hydrogen-bond acceptors (Lipinski definition) is 2. The quantitative estimate of drug-likeness (QED) is 0.738. The van der Waals surface area contributed by atoms with Gasteiger partial charge in [-0.1, -0.05) is 25.7 Å². The van der Waals surface area contributed by atoms with Crippen LogP contribution in [0.3, 0.4) is 0 Å². The molecule has 92 valence electrons. The molecule has 0 radical (unpaired) electrons. The van der Waals surface area contributed by atoms with Crippen LogP contribution < -0.4 is 5.32 Å². The number of amides is 1. The molecular weight excluding hydrogens is 200 g/mol. The smallest absolute Gasteiger partial charge is 0.239 e. The van der Waals surface area contributed by atoms with Gasteiger partial charge < -0.3 is 10.2 Å². The molecule has 2 heterocycles.